The highest BCUT2D eigenvalue weighted by molar-refractivity contribution is 9.10. The standard InChI is InChI=1S/C29H32F6N8.C25H28BrF6N7.C20H27P.C4H5N/c1-3-41(17-20-8-4-5-9-20)26-22(14-25(16-36-26)42-10-6-7-11-42)19-43(27-37-39-40(2)38-27)18-21-12-23(28(30,31)32)15-24(13-21)29(33,34)35;1-3-38(13-16-6-4-5-7-16)22-18(10-21(26)12-33-22)15-39(23-34-36-37(2)35-23)14-17-8-19(24(27,28)29)11-20(9-17)25(30,31)32;1-19(2,3)21(20(4,5)6)18-15-11-10-14-17(18)16-12-8-7-9-13-16;1-2-4-5-3-1/h6-7,10-16,20H,3-5,8-9,17-19H2,1-2H3;8-12,16H,3-7,13-15H2,1-2H3;7-15H,1-6H3;1-5H. The number of pyridine rings is 2. The molecule has 0 amide bonds. The number of tetrazole rings is 2. The monoisotopic (exact) mass is 1590 g/mol. The zero-order chi connectivity index (χ0) is 78.4. The fraction of sp³-hybridized carbons (Fsp3) is 0.436. The van der Waals surface area contributed by atoms with Crippen molar-refractivity contribution >= 4 is 52.7 Å². The summed E-state index contributed by atoms with van der Waals surface area (Å²) in [4.78, 5) is 22.0. The highest BCUT2D eigenvalue weighted by atomic mass is 79.9. The third kappa shape index (κ3) is 23.3. The number of nitrogens with one attached hydrogen (secondary N) is 1. The van der Waals surface area contributed by atoms with Crippen LogP contribution in [0.25, 0.3) is 16.8 Å². The Morgan fingerprint density at radius 1 is 0.481 bits per heavy atom. The minimum Gasteiger partial charge on any atom is -0.368 e. The van der Waals surface area contributed by atoms with Gasteiger partial charge in [-0.2, -0.15) is 62.3 Å². The number of aromatic amines is 1. The second-order valence-corrected chi connectivity index (χ2v) is 33.7. The highest BCUT2D eigenvalue weighted by Gasteiger charge is 2.40. The van der Waals surface area contributed by atoms with Crippen LogP contribution in [0.1, 0.15) is 151 Å². The topological polar surface area (TPSA) is 147 Å². The molecule has 0 saturated heterocycles. The van der Waals surface area contributed by atoms with Crippen LogP contribution in [0, 0.1) is 11.8 Å². The molecule has 0 atom stereocenters. The van der Waals surface area contributed by atoms with E-state index in [0.717, 1.165) is 79.9 Å². The van der Waals surface area contributed by atoms with Crippen molar-refractivity contribution in [2.45, 2.75) is 168 Å². The molecule has 16 nitrogen and oxygen atoms in total. The van der Waals surface area contributed by atoms with Crippen molar-refractivity contribution < 1.29 is 52.7 Å². The molecule has 1 N–H and O–H groups in total. The SMILES string of the molecule is CC(C)(C)P(c1ccccc1-c1ccccc1)C(C)(C)C.CCN(CC1CCCC1)c1ncc(-n2cccc2)cc1CN(Cc1cc(C(F)(F)F)cc(C(F)(F)F)c1)c1nnn(C)n1.CCN(CC1CCCC1)c1ncc(Br)cc1CN(Cc1cc(C(F)(F)F)cc(C(F)(F)F)c1)c1nnn(C)n1.c1cc[nH]c1. The molecule has 6 aromatic heterocycles. The zero-order valence-electron chi connectivity index (χ0n) is 62.1. The molecule has 2 fully saturated rings. The molecule has 0 aliphatic heterocycles. The molecular weight excluding hydrogens is 1500 g/mol. The van der Waals surface area contributed by atoms with E-state index in [9.17, 15) is 52.7 Å². The molecule has 12 rings (SSSR count). The summed E-state index contributed by atoms with van der Waals surface area (Å²) < 4.78 is 165. The number of halogens is 13. The summed E-state index contributed by atoms with van der Waals surface area (Å²) in [5.74, 6) is 2.56. The number of hydrogen-bond donors (Lipinski definition) is 1. The summed E-state index contributed by atoms with van der Waals surface area (Å²) in [6, 6.07) is 34.3. The Labute approximate surface area is 632 Å². The minimum absolute atomic E-state index is 0.0574. The van der Waals surface area contributed by atoms with E-state index >= 15 is 0 Å². The molecule has 0 radical (unpaired) electrons. The lowest BCUT2D eigenvalue weighted by molar-refractivity contribution is -0.144. The molecule has 0 bridgehead atoms. The van der Waals surface area contributed by atoms with Crippen LogP contribution in [0.15, 0.2) is 169 Å². The summed E-state index contributed by atoms with van der Waals surface area (Å²) in [5, 5.41) is 26.2. The molecule has 0 spiro atoms. The van der Waals surface area contributed by atoms with Gasteiger partial charge in [0.1, 0.15) is 11.6 Å². The van der Waals surface area contributed by atoms with Gasteiger partial charge < -0.3 is 29.2 Å². The van der Waals surface area contributed by atoms with Crippen molar-refractivity contribution in [2.75, 3.05) is 45.8 Å². The van der Waals surface area contributed by atoms with Gasteiger partial charge in [0.05, 0.1) is 61.3 Å². The van der Waals surface area contributed by atoms with Gasteiger partial charge >= 0.3 is 24.7 Å². The maximum Gasteiger partial charge on any atom is 0.416 e. The van der Waals surface area contributed by atoms with E-state index in [1.807, 2.05) is 79.6 Å². The summed E-state index contributed by atoms with van der Waals surface area (Å²) in [7, 11) is 2.77. The maximum absolute atomic E-state index is 13.6. The summed E-state index contributed by atoms with van der Waals surface area (Å²) >= 11 is 3.44. The van der Waals surface area contributed by atoms with E-state index in [1.54, 1.807) is 12.4 Å². The quantitative estimate of drug-likeness (QED) is 0.0539. The van der Waals surface area contributed by atoms with Crippen LogP contribution in [-0.2, 0) is 65.0 Å². The number of H-pyrrole nitrogens is 1. The molecule has 580 valence electrons. The maximum atomic E-state index is 13.6. The lowest BCUT2D eigenvalue weighted by atomic mass is 10.0. The van der Waals surface area contributed by atoms with Gasteiger partial charge in [0.15, 0.2) is 0 Å². The summed E-state index contributed by atoms with van der Waals surface area (Å²) in [6.45, 7) is 20.8. The van der Waals surface area contributed by atoms with E-state index in [1.165, 1.54) is 75.6 Å². The Kier molecular flexibility index (Phi) is 27.8. The van der Waals surface area contributed by atoms with Gasteiger partial charge in [0.25, 0.3) is 11.9 Å². The number of aromatic nitrogens is 12. The third-order valence-electron chi connectivity index (χ3n) is 18.4. The van der Waals surface area contributed by atoms with Crippen molar-refractivity contribution in [2.24, 2.45) is 25.9 Å². The Morgan fingerprint density at radius 3 is 1.27 bits per heavy atom. The number of aryl methyl sites for hydroxylation is 2. The fourth-order valence-corrected chi connectivity index (χ4v) is 18.5. The van der Waals surface area contributed by atoms with Crippen molar-refractivity contribution in [3.63, 3.8) is 0 Å². The first-order chi connectivity index (χ1) is 50.9. The predicted octanol–water partition coefficient (Wildman–Crippen LogP) is 20.4. The zero-order valence-corrected chi connectivity index (χ0v) is 64.6. The summed E-state index contributed by atoms with van der Waals surface area (Å²) in [5.41, 5.74) is -0.965. The van der Waals surface area contributed by atoms with Gasteiger partial charge in [-0.05, 0) is 188 Å². The normalized spacial score (nSPS) is 13.9. The van der Waals surface area contributed by atoms with Crippen LogP contribution in [0.3, 0.4) is 0 Å². The first-order valence-corrected chi connectivity index (χ1v) is 37.9. The minimum atomic E-state index is -4.96. The molecule has 4 aromatic carbocycles. The smallest absolute Gasteiger partial charge is 0.368 e. The molecule has 10 aromatic rings. The first-order valence-electron chi connectivity index (χ1n) is 35.8. The van der Waals surface area contributed by atoms with Gasteiger partial charge in [0, 0.05) is 85.9 Å². The summed E-state index contributed by atoms with van der Waals surface area (Å²) in [6.07, 6.45) is 0.319. The highest BCUT2D eigenvalue weighted by Crippen LogP contribution is 2.59. The van der Waals surface area contributed by atoms with E-state index in [-0.39, 0.29) is 69.3 Å². The second-order valence-electron chi connectivity index (χ2n) is 28.9. The number of alkyl halides is 12. The Hall–Kier alpha value is -8.85. The van der Waals surface area contributed by atoms with Gasteiger partial charge in [-0.1, -0.05) is 140 Å². The Balaban J connectivity index is 0.000000189. The second kappa shape index (κ2) is 36.1. The molecule has 108 heavy (non-hydrogen) atoms. The average Bonchev–Trinajstić information content (AvgIpc) is 0.982. The fourth-order valence-electron chi connectivity index (χ4n) is 14.0. The lowest BCUT2D eigenvalue weighted by Gasteiger charge is -2.42. The van der Waals surface area contributed by atoms with E-state index < -0.39 is 47.0 Å². The molecular formula is C78H92BrF12N16P. The first kappa shape index (κ1) is 83.2. The lowest BCUT2D eigenvalue weighted by Crippen LogP contribution is -2.32. The number of rotatable bonds is 21. The molecule has 30 heteroatoms. The molecule has 2 saturated carbocycles. The van der Waals surface area contributed by atoms with Gasteiger partial charge in [-0.25, -0.2) is 9.97 Å². The predicted molar refractivity (Wildman–Crippen MR) is 404 cm³/mol. The molecule has 6 heterocycles. The average molecular weight is 1590 g/mol. The Bertz CT molecular complexity index is 4330. The van der Waals surface area contributed by atoms with Crippen LogP contribution in [0.2, 0.25) is 0 Å². The van der Waals surface area contributed by atoms with Gasteiger partial charge in [0.2, 0.25) is 0 Å². The molecule has 2 aliphatic rings. The van der Waals surface area contributed by atoms with E-state index in [0.29, 0.717) is 51.3 Å². The molecule has 0 unspecified atom stereocenters. The van der Waals surface area contributed by atoms with Crippen molar-refractivity contribution in [1.82, 2.24) is 59.9 Å². The van der Waals surface area contributed by atoms with Crippen LogP contribution < -0.4 is 24.9 Å². The van der Waals surface area contributed by atoms with Gasteiger partial charge in [-0.15, -0.1) is 10.2 Å². The Morgan fingerprint density at radius 2 is 0.889 bits per heavy atom. The van der Waals surface area contributed by atoms with Crippen LogP contribution in [0.4, 0.5) is 76.2 Å². The van der Waals surface area contributed by atoms with E-state index in [2.05, 4.69) is 163 Å². The number of benzene rings is 4. The van der Waals surface area contributed by atoms with Crippen LogP contribution in [0.5, 0.6) is 0 Å². The number of nitrogens with zero attached hydrogens (tertiary/aromatic N) is 15. The number of hydrogen-bond acceptors (Lipinski definition) is 12. The van der Waals surface area contributed by atoms with Gasteiger partial charge in [-0.3, -0.25) is 0 Å². The number of anilines is 4. The van der Waals surface area contributed by atoms with Crippen LogP contribution >= 0.6 is 23.9 Å². The largest absolute Gasteiger partial charge is 0.416 e. The van der Waals surface area contributed by atoms with Crippen molar-refractivity contribution in [3.8, 4) is 16.8 Å². The van der Waals surface area contributed by atoms with E-state index in [4.69, 9.17) is 4.98 Å². The third-order valence-corrected chi connectivity index (χ3v) is 22.4. The molecule has 2 aliphatic carbocycles. The van der Waals surface area contributed by atoms with Crippen LogP contribution in [-0.4, -0.2) is 96.4 Å². The van der Waals surface area contributed by atoms with Crippen molar-refractivity contribution in [3.05, 3.63) is 214 Å². The van der Waals surface area contributed by atoms with Crippen molar-refractivity contribution in [1.29, 1.82) is 0 Å².